The summed E-state index contributed by atoms with van der Waals surface area (Å²) in [5.41, 5.74) is 3.48. The fourth-order valence-electron chi connectivity index (χ4n) is 5.33. The Bertz CT molecular complexity index is 1710. The summed E-state index contributed by atoms with van der Waals surface area (Å²) in [5, 5.41) is 0. The van der Waals surface area contributed by atoms with Gasteiger partial charge in [0.15, 0.2) is 5.79 Å². The fourth-order valence-corrected chi connectivity index (χ4v) is 7.47. The zero-order chi connectivity index (χ0) is 35.1. The quantitative estimate of drug-likeness (QED) is 0.126. The van der Waals surface area contributed by atoms with Crippen molar-refractivity contribution in [2.45, 2.75) is 80.9 Å². The number of rotatable bonds is 16. The van der Waals surface area contributed by atoms with E-state index in [1.165, 1.54) is 24.3 Å². The van der Waals surface area contributed by atoms with E-state index in [0.29, 0.717) is 0 Å². The molecule has 0 spiro atoms. The van der Waals surface area contributed by atoms with Crippen LogP contribution in [0.3, 0.4) is 0 Å². The third-order valence-electron chi connectivity index (χ3n) is 7.80. The van der Waals surface area contributed by atoms with Crippen molar-refractivity contribution in [3.8, 4) is 0 Å². The van der Waals surface area contributed by atoms with E-state index in [0.717, 1.165) is 22.3 Å². The summed E-state index contributed by atoms with van der Waals surface area (Å²) in [7, 11) is -8.67. The Kier molecular flexibility index (Phi) is 12.1. The zero-order valence-corrected chi connectivity index (χ0v) is 29.6. The van der Waals surface area contributed by atoms with Crippen molar-refractivity contribution in [2.75, 3.05) is 13.2 Å². The highest BCUT2D eigenvalue weighted by molar-refractivity contribution is 7.87. The minimum Gasteiger partial charge on any atom is -0.374 e. The van der Waals surface area contributed by atoms with Crippen LogP contribution in [-0.4, -0.2) is 60.3 Å². The molecule has 0 radical (unpaired) electrons. The third-order valence-corrected chi connectivity index (χ3v) is 10.5. The monoisotopic (exact) mass is 710 g/mol. The second kappa shape index (κ2) is 16.0. The first kappa shape index (κ1) is 36.8. The molecule has 0 saturated carbocycles. The first-order valence-corrected chi connectivity index (χ1v) is 18.7. The maximum Gasteiger partial charge on any atom is 0.297 e. The highest BCUT2D eigenvalue weighted by Crippen LogP contribution is 2.36. The van der Waals surface area contributed by atoms with Crippen molar-refractivity contribution in [2.24, 2.45) is 0 Å². The van der Waals surface area contributed by atoms with Crippen molar-refractivity contribution >= 4 is 20.2 Å². The van der Waals surface area contributed by atoms with Gasteiger partial charge in [0, 0.05) is 0 Å². The van der Waals surface area contributed by atoms with Gasteiger partial charge in [0.05, 0.1) is 36.2 Å². The maximum absolute atomic E-state index is 13.6. The highest BCUT2D eigenvalue weighted by Gasteiger charge is 2.52. The molecule has 4 atom stereocenters. The molecule has 4 aromatic rings. The smallest absolute Gasteiger partial charge is 0.297 e. The molecule has 1 unspecified atom stereocenters. The summed E-state index contributed by atoms with van der Waals surface area (Å²) in [5.74, 6) is -1.28. The van der Waals surface area contributed by atoms with Gasteiger partial charge in [0.25, 0.3) is 20.2 Å². The normalized spacial score (nSPS) is 19.0. The fraction of sp³-hybridized carbons (Fsp3) is 0.351. The molecule has 1 saturated heterocycles. The molecule has 1 heterocycles. The van der Waals surface area contributed by atoms with E-state index in [-0.39, 0.29) is 36.2 Å². The first-order chi connectivity index (χ1) is 23.3. The SMILES string of the molecule is Cc1ccc(S(=O)(=O)O[C@H](COCc2ccccc2)C2OC(C)(C)O[C@@H]2[C@@H](COCc2ccccc2)OS(=O)(=O)c2ccc(C)cc2)cc1. The van der Waals surface area contributed by atoms with Gasteiger partial charge in [-0.05, 0) is 63.1 Å². The lowest BCUT2D eigenvalue weighted by Gasteiger charge is -2.30. The Hall–Kier alpha value is -3.46. The molecule has 262 valence electrons. The summed E-state index contributed by atoms with van der Waals surface area (Å²) in [6.45, 7) is 6.84. The van der Waals surface area contributed by atoms with Crippen LogP contribution in [0, 0.1) is 13.8 Å². The molecule has 0 amide bonds. The third kappa shape index (κ3) is 10.3. The van der Waals surface area contributed by atoms with Gasteiger partial charge < -0.3 is 18.9 Å². The second-order valence-electron chi connectivity index (χ2n) is 12.4. The van der Waals surface area contributed by atoms with E-state index in [1.807, 2.05) is 74.5 Å². The molecular formula is C37H42O10S2. The van der Waals surface area contributed by atoms with Crippen LogP contribution in [0.1, 0.15) is 36.1 Å². The Morgan fingerprint density at radius 2 is 0.918 bits per heavy atom. The van der Waals surface area contributed by atoms with E-state index >= 15 is 0 Å². The van der Waals surface area contributed by atoms with Crippen LogP contribution in [0.4, 0.5) is 0 Å². The van der Waals surface area contributed by atoms with E-state index in [9.17, 15) is 16.8 Å². The molecule has 0 aliphatic carbocycles. The average Bonchev–Trinajstić information content (AvgIpc) is 3.40. The van der Waals surface area contributed by atoms with Gasteiger partial charge in [-0.3, -0.25) is 8.37 Å². The van der Waals surface area contributed by atoms with E-state index < -0.39 is 50.4 Å². The number of benzene rings is 4. The van der Waals surface area contributed by atoms with E-state index in [1.54, 1.807) is 38.1 Å². The lowest BCUT2D eigenvalue weighted by molar-refractivity contribution is -0.162. The minimum absolute atomic E-state index is 0.0539. The zero-order valence-electron chi connectivity index (χ0n) is 27.9. The lowest BCUT2D eigenvalue weighted by Crippen LogP contribution is -2.49. The van der Waals surface area contributed by atoms with Crippen LogP contribution >= 0.6 is 0 Å². The second-order valence-corrected chi connectivity index (χ2v) is 15.5. The lowest BCUT2D eigenvalue weighted by atomic mass is 10.0. The first-order valence-electron chi connectivity index (χ1n) is 15.9. The molecule has 1 aliphatic heterocycles. The van der Waals surface area contributed by atoms with Gasteiger partial charge in [0.1, 0.15) is 24.4 Å². The van der Waals surface area contributed by atoms with Crippen LogP contribution < -0.4 is 0 Å². The molecule has 12 heteroatoms. The van der Waals surface area contributed by atoms with Crippen molar-refractivity contribution in [3.05, 3.63) is 131 Å². The molecule has 0 bridgehead atoms. The Balaban J connectivity index is 1.47. The highest BCUT2D eigenvalue weighted by atomic mass is 32.2. The van der Waals surface area contributed by atoms with Gasteiger partial charge in [0.2, 0.25) is 0 Å². The summed E-state index contributed by atoms with van der Waals surface area (Å²) < 4.78 is 90.8. The van der Waals surface area contributed by atoms with Crippen molar-refractivity contribution in [3.63, 3.8) is 0 Å². The average molecular weight is 711 g/mol. The molecule has 4 aromatic carbocycles. The Morgan fingerprint density at radius 1 is 0.571 bits per heavy atom. The van der Waals surface area contributed by atoms with Gasteiger partial charge in [-0.25, -0.2) is 0 Å². The van der Waals surface area contributed by atoms with Gasteiger partial charge >= 0.3 is 0 Å². The van der Waals surface area contributed by atoms with Gasteiger partial charge in [-0.15, -0.1) is 0 Å². The van der Waals surface area contributed by atoms with Crippen molar-refractivity contribution in [1.29, 1.82) is 0 Å². The largest absolute Gasteiger partial charge is 0.374 e. The predicted octanol–water partition coefficient (Wildman–Crippen LogP) is 6.11. The standard InChI is InChI=1S/C37H42O10S2/c1-27-15-19-31(20-16-27)48(38,39)46-33(25-42-23-29-11-7-5-8-12-29)35-36(45-37(3,4)44-35)34(26-43-24-30-13-9-6-10-14-30)47-49(40,41)32-21-17-28(2)18-22-32/h5-22,33-36H,23-26H2,1-4H3/t33-,34-,35-,36?/m1/s1. The number of hydrogen-bond donors (Lipinski definition) is 0. The van der Waals surface area contributed by atoms with Crippen LogP contribution in [0.5, 0.6) is 0 Å². The summed E-state index contributed by atoms with van der Waals surface area (Å²) >= 11 is 0. The molecule has 5 rings (SSSR count). The van der Waals surface area contributed by atoms with Gasteiger partial charge in [-0.2, -0.15) is 16.8 Å². The van der Waals surface area contributed by atoms with Crippen LogP contribution in [0.25, 0.3) is 0 Å². The molecule has 0 aromatic heterocycles. The summed E-state index contributed by atoms with van der Waals surface area (Å²) in [6, 6.07) is 31.2. The molecular weight excluding hydrogens is 669 g/mol. The van der Waals surface area contributed by atoms with Crippen LogP contribution in [0.15, 0.2) is 119 Å². The minimum atomic E-state index is -4.34. The molecule has 49 heavy (non-hydrogen) atoms. The maximum atomic E-state index is 13.6. The molecule has 1 aliphatic rings. The number of hydrogen-bond acceptors (Lipinski definition) is 10. The topological polar surface area (TPSA) is 124 Å². The Labute approximate surface area is 289 Å². The summed E-state index contributed by atoms with van der Waals surface area (Å²) in [4.78, 5) is -0.108. The summed E-state index contributed by atoms with van der Waals surface area (Å²) in [6.07, 6.45) is -4.87. The molecule has 0 N–H and O–H groups in total. The van der Waals surface area contributed by atoms with Crippen LogP contribution in [0.2, 0.25) is 0 Å². The molecule has 10 nitrogen and oxygen atoms in total. The van der Waals surface area contributed by atoms with Crippen LogP contribution in [-0.2, 0) is 60.8 Å². The Morgan fingerprint density at radius 3 is 1.27 bits per heavy atom. The van der Waals surface area contributed by atoms with Crippen molar-refractivity contribution < 1.29 is 44.1 Å². The van der Waals surface area contributed by atoms with E-state index in [4.69, 9.17) is 27.3 Å². The van der Waals surface area contributed by atoms with E-state index in [2.05, 4.69) is 0 Å². The number of aryl methyl sites for hydroxylation is 2. The van der Waals surface area contributed by atoms with Crippen molar-refractivity contribution in [1.82, 2.24) is 0 Å². The predicted molar refractivity (Wildman–Crippen MR) is 182 cm³/mol. The van der Waals surface area contributed by atoms with Gasteiger partial charge in [-0.1, -0.05) is 96.1 Å². The number of ether oxygens (including phenoxy) is 4. The molecule has 1 fully saturated rings.